The number of aromatic nitrogens is 2. The summed E-state index contributed by atoms with van der Waals surface area (Å²) in [5, 5.41) is 19.4. The molecule has 1 aromatic carbocycles. The van der Waals surface area contributed by atoms with Gasteiger partial charge in [-0.25, -0.2) is 0 Å². The van der Waals surface area contributed by atoms with Gasteiger partial charge in [0.25, 0.3) is 5.69 Å². The fourth-order valence-electron chi connectivity index (χ4n) is 2.75. The Morgan fingerprint density at radius 2 is 1.65 bits per heavy atom. The Balaban J connectivity index is 0.00000341. The molecule has 3 aromatic rings. The van der Waals surface area contributed by atoms with E-state index in [1.807, 2.05) is 0 Å². The number of nitro groups is 1. The van der Waals surface area contributed by atoms with Crippen molar-refractivity contribution in [3.63, 3.8) is 0 Å². The second-order valence-electron chi connectivity index (χ2n) is 6.22. The summed E-state index contributed by atoms with van der Waals surface area (Å²) in [6.45, 7) is 0.0669. The van der Waals surface area contributed by atoms with Gasteiger partial charge in [-0.05, 0) is 30.7 Å². The molecule has 2 heterocycles. The van der Waals surface area contributed by atoms with Crippen LogP contribution in [0.3, 0.4) is 0 Å². The Morgan fingerprint density at radius 3 is 2.29 bits per heavy atom. The first-order valence-corrected chi connectivity index (χ1v) is 9.04. The number of para-hydroxylation sites is 1. The van der Waals surface area contributed by atoms with Gasteiger partial charge in [0.15, 0.2) is 0 Å². The molecule has 9 nitrogen and oxygen atoms in total. The van der Waals surface area contributed by atoms with Crippen LogP contribution < -0.4 is 0 Å². The predicted octanol–water partition coefficient (Wildman–Crippen LogP) is 4.13. The second-order valence-corrected chi connectivity index (χ2v) is 6.22. The van der Waals surface area contributed by atoms with Crippen molar-refractivity contribution < 1.29 is 31.6 Å². The molecule has 10 heteroatoms. The molecular weight excluding hydrogens is 450 g/mol. The van der Waals surface area contributed by atoms with Crippen LogP contribution in [0.2, 0.25) is 0 Å². The van der Waals surface area contributed by atoms with Gasteiger partial charge in [-0.2, -0.15) is 0 Å². The monoisotopic (exact) mass is 466 g/mol. The third kappa shape index (κ3) is 6.70. The van der Waals surface area contributed by atoms with E-state index in [1.165, 1.54) is 30.5 Å². The van der Waals surface area contributed by atoms with Gasteiger partial charge < -0.3 is 20.2 Å². The molecule has 0 bridgehead atoms. The summed E-state index contributed by atoms with van der Waals surface area (Å²) in [4.78, 5) is 43.9. The zero-order chi connectivity index (χ0) is 21.3. The molecule has 0 spiro atoms. The van der Waals surface area contributed by atoms with Crippen molar-refractivity contribution in [2.45, 2.75) is 19.0 Å². The van der Waals surface area contributed by atoms with Crippen LogP contribution in [0, 0.1) is 10.1 Å². The van der Waals surface area contributed by atoms with E-state index in [9.17, 15) is 19.7 Å². The van der Waals surface area contributed by atoms with E-state index in [2.05, 4.69) is 20.6 Å². The van der Waals surface area contributed by atoms with Gasteiger partial charge in [-0.3, -0.25) is 20.1 Å². The Bertz CT molecular complexity index is 1030. The topological polar surface area (TPSA) is 131 Å². The first-order valence-electron chi connectivity index (χ1n) is 9.04. The minimum Gasteiger partial charge on any atom is -0.649 e. The van der Waals surface area contributed by atoms with E-state index in [1.54, 1.807) is 42.6 Å². The number of benzene rings is 1. The second kappa shape index (κ2) is 11.5. The average molecular weight is 467 g/mol. The summed E-state index contributed by atoms with van der Waals surface area (Å²) in [5.74, 6) is -1.21. The van der Waals surface area contributed by atoms with Gasteiger partial charge in [-0.15, -0.1) is 0 Å². The maximum atomic E-state index is 12.5. The SMILES string of the molecule is O=C(CC([N-]C(=O)c1ccccn1)c1ccccc1[N+](=O)[O-])[N-]Cc1ccccn1.[Cu+2]. The van der Waals surface area contributed by atoms with E-state index in [-0.39, 0.29) is 47.0 Å². The van der Waals surface area contributed by atoms with Crippen molar-refractivity contribution >= 4 is 17.5 Å². The maximum absolute atomic E-state index is 12.5. The molecule has 0 aliphatic rings. The molecule has 0 saturated carbocycles. The predicted molar refractivity (Wildman–Crippen MR) is 109 cm³/mol. The molecule has 0 aliphatic heterocycles. The Kier molecular flexibility index (Phi) is 8.80. The minimum atomic E-state index is -1.07. The van der Waals surface area contributed by atoms with Gasteiger partial charge in [0.2, 0.25) is 0 Å². The number of hydrogen-bond acceptors (Lipinski definition) is 6. The molecule has 1 atom stereocenters. The molecule has 31 heavy (non-hydrogen) atoms. The first kappa shape index (κ1) is 23.7. The van der Waals surface area contributed by atoms with Crippen LogP contribution in [0.25, 0.3) is 10.6 Å². The number of carbonyl (C=O) groups excluding carboxylic acids is 2. The number of amides is 2. The maximum Gasteiger partial charge on any atom is 2.00 e. The quantitative estimate of drug-likeness (QED) is 0.278. The largest absolute Gasteiger partial charge is 2.00 e. The van der Waals surface area contributed by atoms with Crippen molar-refractivity contribution in [3.8, 4) is 0 Å². The van der Waals surface area contributed by atoms with Gasteiger partial charge in [0, 0.05) is 29.7 Å². The zero-order valence-electron chi connectivity index (χ0n) is 16.1. The van der Waals surface area contributed by atoms with Crippen LogP contribution in [-0.2, 0) is 28.4 Å². The van der Waals surface area contributed by atoms with Crippen LogP contribution >= 0.6 is 0 Å². The summed E-state index contributed by atoms with van der Waals surface area (Å²) >= 11 is 0. The van der Waals surface area contributed by atoms with E-state index < -0.39 is 22.8 Å². The number of nitro benzene ring substituents is 1. The van der Waals surface area contributed by atoms with Crippen LogP contribution in [0.4, 0.5) is 5.69 Å². The van der Waals surface area contributed by atoms with Crippen LogP contribution in [0.1, 0.15) is 34.2 Å². The van der Waals surface area contributed by atoms with Crippen LogP contribution in [-0.4, -0.2) is 26.7 Å². The average Bonchev–Trinajstić information content (AvgIpc) is 2.78. The fourth-order valence-corrected chi connectivity index (χ4v) is 2.75. The summed E-state index contributed by atoms with van der Waals surface area (Å²) in [7, 11) is 0. The Hall–Kier alpha value is -3.62. The van der Waals surface area contributed by atoms with Crippen LogP contribution in [0.15, 0.2) is 73.1 Å². The van der Waals surface area contributed by atoms with Gasteiger partial charge >= 0.3 is 17.1 Å². The molecule has 1 radical (unpaired) electrons. The molecule has 0 fully saturated rings. The normalized spacial score (nSPS) is 11.0. The molecule has 0 N–H and O–H groups in total. The molecular formula is C21H17CuN5O4. The third-order valence-electron chi connectivity index (χ3n) is 4.16. The summed E-state index contributed by atoms with van der Waals surface area (Å²) in [6.07, 6.45) is 2.73. The summed E-state index contributed by atoms with van der Waals surface area (Å²) < 4.78 is 0. The number of carbonyl (C=O) groups is 2. The van der Waals surface area contributed by atoms with Crippen molar-refractivity contribution in [2.75, 3.05) is 0 Å². The zero-order valence-corrected chi connectivity index (χ0v) is 17.0. The van der Waals surface area contributed by atoms with E-state index >= 15 is 0 Å². The summed E-state index contributed by atoms with van der Waals surface area (Å²) in [6, 6.07) is 14.8. The van der Waals surface area contributed by atoms with E-state index in [0.717, 1.165) is 0 Å². The smallest absolute Gasteiger partial charge is 0.649 e. The Labute approximate surface area is 188 Å². The number of pyridine rings is 2. The minimum absolute atomic E-state index is 0. The van der Waals surface area contributed by atoms with Crippen molar-refractivity contribution in [1.29, 1.82) is 0 Å². The first-order chi connectivity index (χ1) is 14.5. The molecule has 1 unspecified atom stereocenters. The van der Waals surface area contributed by atoms with E-state index in [4.69, 9.17) is 0 Å². The third-order valence-corrected chi connectivity index (χ3v) is 4.16. The number of hydrogen-bond donors (Lipinski definition) is 0. The molecule has 0 aliphatic carbocycles. The molecule has 161 valence electrons. The van der Waals surface area contributed by atoms with Gasteiger partial charge in [0.1, 0.15) is 5.91 Å². The molecule has 2 amide bonds. The molecule has 2 aromatic heterocycles. The number of rotatable bonds is 8. The molecule has 3 rings (SSSR count). The van der Waals surface area contributed by atoms with Crippen molar-refractivity contribution in [3.05, 3.63) is 111 Å². The van der Waals surface area contributed by atoms with Crippen molar-refractivity contribution in [1.82, 2.24) is 9.97 Å². The van der Waals surface area contributed by atoms with Crippen molar-refractivity contribution in [2.24, 2.45) is 0 Å². The van der Waals surface area contributed by atoms with Crippen LogP contribution in [0.5, 0.6) is 0 Å². The standard InChI is InChI=1S/C21H19N5O4.Cu/c27-20(24-14-15-7-3-5-11-22-15)13-18(16-8-1-2-10-19(16)26(29)30)25-21(28)17-9-4-6-12-23-17;/h1-12,18H,13-14H2,(H2,24,25,27,28);/q;+2/p-2. The fraction of sp³-hybridized carbons (Fsp3) is 0.143. The molecule has 0 saturated heterocycles. The number of nitrogens with zero attached hydrogens (tertiary/aromatic N) is 5. The van der Waals surface area contributed by atoms with Gasteiger partial charge in [0.05, 0.1) is 16.5 Å². The summed E-state index contributed by atoms with van der Waals surface area (Å²) in [5.41, 5.74) is 0.624. The van der Waals surface area contributed by atoms with Gasteiger partial charge in [-0.1, -0.05) is 42.9 Å². The Morgan fingerprint density at radius 1 is 0.968 bits per heavy atom. The van der Waals surface area contributed by atoms with E-state index in [0.29, 0.717) is 5.69 Å².